The van der Waals surface area contributed by atoms with Crippen LogP contribution >= 0.6 is 11.6 Å². The van der Waals surface area contributed by atoms with Crippen LogP contribution in [-0.4, -0.2) is 37.7 Å². The van der Waals surface area contributed by atoms with Crippen molar-refractivity contribution in [3.8, 4) is 11.5 Å². The van der Waals surface area contributed by atoms with Gasteiger partial charge in [-0.05, 0) is 30.4 Å². The van der Waals surface area contributed by atoms with Crippen molar-refractivity contribution < 1.29 is 28.6 Å². The second-order valence-corrected chi connectivity index (χ2v) is 7.35. The average Bonchev–Trinajstić information content (AvgIpc) is 2.58. The number of hydrogen-bond acceptors (Lipinski definition) is 6. The van der Waals surface area contributed by atoms with E-state index in [9.17, 15) is 14.4 Å². The number of imide groups is 1. The number of amides is 3. The number of urea groups is 1. The van der Waals surface area contributed by atoms with Crippen molar-refractivity contribution in [1.29, 1.82) is 0 Å². The molecule has 0 saturated carbocycles. The van der Waals surface area contributed by atoms with Crippen LogP contribution in [0.1, 0.15) is 44.5 Å². The Morgan fingerprint density at radius 3 is 2.32 bits per heavy atom. The van der Waals surface area contributed by atoms with E-state index in [1.54, 1.807) is 13.8 Å². The number of methoxy groups -OCH3 is 1. The van der Waals surface area contributed by atoms with Crippen LogP contribution in [0.5, 0.6) is 11.5 Å². The molecule has 3 amide bonds. The first kappa shape index (κ1) is 23.6. The average molecular weight is 415 g/mol. The van der Waals surface area contributed by atoms with E-state index in [1.165, 1.54) is 19.2 Å². The van der Waals surface area contributed by atoms with E-state index in [2.05, 4.69) is 13.8 Å². The first-order valence-corrected chi connectivity index (χ1v) is 9.26. The van der Waals surface area contributed by atoms with Crippen molar-refractivity contribution in [2.75, 3.05) is 13.7 Å². The second-order valence-electron chi connectivity index (χ2n) is 6.94. The van der Waals surface area contributed by atoms with Gasteiger partial charge in [-0.15, -0.1) is 0 Å². The summed E-state index contributed by atoms with van der Waals surface area (Å²) >= 11 is 6.25. The highest BCUT2D eigenvalue weighted by molar-refractivity contribution is 6.32. The summed E-state index contributed by atoms with van der Waals surface area (Å²) in [5, 5.41) is 2.09. The number of nitrogens with two attached hydrogens (primary N) is 1. The topological polar surface area (TPSA) is 117 Å². The van der Waals surface area contributed by atoms with E-state index in [0.29, 0.717) is 18.3 Å². The summed E-state index contributed by atoms with van der Waals surface area (Å²) < 4.78 is 16.2. The number of halogens is 1. The van der Waals surface area contributed by atoms with Gasteiger partial charge in [-0.2, -0.15) is 0 Å². The van der Waals surface area contributed by atoms with Crippen molar-refractivity contribution in [2.45, 2.75) is 40.2 Å². The van der Waals surface area contributed by atoms with Gasteiger partial charge in [0.05, 0.1) is 24.3 Å². The summed E-state index contributed by atoms with van der Waals surface area (Å²) in [6.45, 7) is 7.91. The van der Waals surface area contributed by atoms with Crippen LogP contribution in [-0.2, 0) is 9.53 Å². The number of rotatable bonds is 9. The highest BCUT2D eigenvalue weighted by Crippen LogP contribution is 2.37. The van der Waals surface area contributed by atoms with Crippen molar-refractivity contribution in [3.05, 3.63) is 22.7 Å². The minimum absolute atomic E-state index is 0.0792. The Balaban J connectivity index is 3.02. The lowest BCUT2D eigenvalue weighted by Crippen LogP contribution is -2.45. The largest absolute Gasteiger partial charge is 0.493 e. The summed E-state index contributed by atoms with van der Waals surface area (Å²) in [6, 6.07) is 1.77. The molecule has 0 bridgehead atoms. The van der Waals surface area contributed by atoms with Crippen molar-refractivity contribution in [2.24, 2.45) is 17.6 Å². The first-order valence-electron chi connectivity index (χ1n) is 8.88. The van der Waals surface area contributed by atoms with Crippen LogP contribution in [0.3, 0.4) is 0 Å². The highest BCUT2D eigenvalue weighted by atomic mass is 35.5. The van der Waals surface area contributed by atoms with Gasteiger partial charge in [0, 0.05) is 0 Å². The molecule has 0 fully saturated rings. The van der Waals surface area contributed by atoms with Crippen molar-refractivity contribution in [3.63, 3.8) is 0 Å². The van der Waals surface area contributed by atoms with Gasteiger partial charge in [0.1, 0.15) is 0 Å². The Morgan fingerprint density at radius 2 is 1.82 bits per heavy atom. The van der Waals surface area contributed by atoms with Gasteiger partial charge in [-0.3, -0.25) is 10.1 Å². The molecular formula is C19H27ClN2O6. The Kier molecular flexibility index (Phi) is 9.05. The summed E-state index contributed by atoms with van der Waals surface area (Å²) in [4.78, 5) is 35.4. The fraction of sp³-hybridized carbons (Fsp3) is 0.526. The molecule has 0 heterocycles. The standard InChI is InChI=1S/C19H27ClN2O6/c1-10(2)6-7-27-16-13(20)8-12(9-14(16)26-5)18(24)28-15(11(3)4)17(23)22-19(21)25/h8-11,15H,6-7H2,1-5H3,(H3,21,22,23,25)/t15-/m1/s1. The summed E-state index contributed by atoms with van der Waals surface area (Å²) in [6.07, 6.45) is -0.374. The van der Waals surface area contributed by atoms with Crippen molar-refractivity contribution >= 4 is 29.5 Å². The molecule has 1 aromatic carbocycles. The maximum Gasteiger partial charge on any atom is 0.339 e. The molecule has 1 aromatic rings. The van der Waals surface area contributed by atoms with Gasteiger partial charge in [-0.25, -0.2) is 9.59 Å². The predicted octanol–water partition coefficient (Wildman–Crippen LogP) is 3.15. The zero-order chi connectivity index (χ0) is 21.4. The molecule has 28 heavy (non-hydrogen) atoms. The molecule has 0 aliphatic rings. The number of esters is 1. The Morgan fingerprint density at radius 1 is 1.18 bits per heavy atom. The number of ether oxygens (including phenoxy) is 3. The maximum atomic E-state index is 12.5. The quantitative estimate of drug-likeness (QED) is 0.599. The normalized spacial score (nSPS) is 11.9. The molecule has 0 aliphatic carbocycles. The molecule has 0 saturated heterocycles. The number of benzene rings is 1. The van der Waals surface area contributed by atoms with Crippen LogP contribution in [0.25, 0.3) is 0 Å². The van der Waals surface area contributed by atoms with Gasteiger partial charge in [0.2, 0.25) is 0 Å². The second kappa shape index (κ2) is 10.8. The minimum Gasteiger partial charge on any atom is -0.493 e. The van der Waals surface area contributed by atoms with Crippen LogP contribution < -0.4 is 20.5 Å². The predicted molar refractivity (Wildman–Crippen MR) is 105 cm³/mol. The molecule has 3 N–H and O–H groups in total. The molecule has 1 atom stereocenters. The molecule has 9 heteroatoms. The summed E-state index contributed by atoms with van der Waals surface area (Å²) in [5.41, 5.74) is 5.03. The zero-order valence-electron chi connectivity index (χ0n) is 16.7. The smallest absolute Gasteiger partial charge is 0.339 e. The van der Waals surface area contributed by atoms with Gasteiger partial charge in [0.15, 0.2) is 17.6 Å². The van der Waals surface area contributed by atoms with E-state index < -0.39 is 24.0 Å². The molecule has 0 spiro atoms. The van der Waals surface area contributed by atoms with Crippen LogP contribution in [0.4, 0.5) is 4.79 Å². The maximum absolute atomic E-state index is 12.5. The van der Waals surface area contributed by atoms with Gasteiger partial charge in [0.25, 0.3) is 5.91 Å². The van der Waals surface area contributed by atoms with E-state index in [0.717, 1.165) is 6.42 Å². The first-order chi connectivity index (χ1) is 13.1. The van der Waals surface area contributed by atoms with Crippen molar-refractivity contribution in [1.82, 2.24) is 5.32 Å². The van der Waals surface area contributed by atoms with Gasteiger partial charge >= 0.3 is 12.0 Å². The van der Waals surface area contributed by atoms with Gasteiger partial charge < -0.3 is 19.9 Å². The highest BCUT2D eigenvalue weighted by Gasteiger charge is 2.28. The van der Waals surface area contributed by atoms with Gasteiger partial charge in [-0.1, -0.05) is 39.3 Å². The van der Waals surface area contributed by atoms with E-state index >= 15 is 0 Å². The lowest BCUT2D eigenvalue weighted by molar-refractivity contribution is -0.130. The summed E-state index contributed by atoms with van der Waals surface area (Å²) in [5.74, 6) is -0.938. The molecular weight excluding hydrogens is 388 g/mol. The minimum atomic E-state index is -1.20. The molecule has 0 aromatic heterocycles. The third-order valence-electron chi connectivity index (χ3n) is 3.75. The number of nitrogens with one attached hydrogen (secondary N) is 1. The molecule has 1 rings (SSSR count). The molecule has 156 valence electrons. The zero-order valence-corrected chi connectivity index (χ0v) is 17.5. The van der Waals surface area contributed by atoms with E-state index in [1.807, 2.05) is 5.32 Å². The van der Waals surface area contributed by atoms with Crippen LogP contribution in [0.15, 0.2) is 12.1 Å². The third-order valence-corrected chi connectivity index (χ3v) is 4.03. The number of hydrogen-bond donors (Lipinski definition) is 2. The SMILES string of the molecule is COc1cc(C(=O)O[C@@H](C(=O)NC(N)=O)C(C)C)cc(Cl)c1OCCC(C)C. The molecule has 0 aliphatic heterocycles. The van der Waals surface area contributed by atoms with E-state index in [-0.39, 0.29) is 22.3 Å². The van der Waals surface area contributed by atoms with Crippen LogP contribution in [0.2, 0.25) is 5.02 Å². The molecule has 0 unspecified atom stereocenters. The third kappa shape index (κ3) is 6.92. The number of carbonyl (C=O) groups excluding carboxylic acids is 3. The fourth-order valence-corrected chi connectivity index (χ4v) is 2.51. The molecule has 0 radical (unpaired) electrons. The molecule has 8 nitrogen and oxygen atoms in total. The number of primary amides is 1. The lowest BCUT2D eigenvalue weighted by Gasteiger charge is -2.20. The Labute approximate surface area is 169 Å². The van der Waals surface area contributed by atoms with Crippen LogP contribution in [0, 0.1) is 11.8 Å². The monoisotopic (exact) mass is 414 g/mol. The lowest BCUT2D eigenvalue weighted by atomic mass is 10.1. The Bertz CT molecular complexity index is 721. The fourth-order valence-electron chi connectivity index (χ4n) is 2.24. The Hall–Kier alpha value is -2.48. The number of carbonyl (C=O) groups is 3. The summed E-state index contributed by atoms with van der Waals surface area (Å²) in [7, 11) is 1.42. The van der Waals surface area contributed by atoms with E-state index in [4.69, 9.17) is 31.5 Å².